The third-order valence-electron chi connectivity index (χ3n) is 5.29. The van der Waals surface area contributed by atoms with Crippen LogP contribution in [0.15, 0.2) is 48.5 Å². The van der Waals surface area contributed by atoms with Gasteiger partial charge in [0.1, 0.15) is 5.75 Å². The number of ketones is 1. The number of piperidine rings is 1. The molecule has 1 amide bonds. The van der Waals surface area contributed by atoms with E-state index in [0.29, 0.717) is 13.1 Å². The topological polar surface area (TPSA) is 58.6 Å². The van der Waals surface area contributed by atoms with Gasteiger partial charge in [0.15, 0.2) is 5.78 Å². The molecule has 1 fully saturated rings. The Hall–Kier alpha value is -2.66. The summed E-state index contributed by atoms with van der Waals surface area (Å²) in [6, 6.07) is 15.5. The highest BCUT2D eigenvalue weighted by atomic mass is 16.5. The summed E-state index contributed by atoms with van der Waals surface area (Å²) in [5, 5.41) is 2.96. The minimum absolute atomic E-state index is 0.00568. The van der Waals surface area contributed by atoms with Crippen LogP contribution in [0.2, 0.25) is 0 Å². The maximum atomic E-state index is 12.6. The normalized spacial score (nSPS) is 15.2. The quantitative estimate of drug-likeness (QED) is 0.750. The summed E-state index contributed by atoms with van der Waals surface area (Å²) in [5.74, 6) is 1.07. The van der Waals surface area contributed by atoms with Gasteiger partial charge < -0.3 is 10.1 Å². The van der Waals surface area contributed by atoms with Gasteiger partial charge >= 0.3 is 0 Å². The van der Waals surface area contributed by atoms with Crippen molar-refractivity contribution in [2.45, 2.75) is 26.3 Å². The third kappa shape index (κ3) is 5.42. The van der Waals surface area contributed by atoms with Crippen LogP contribution in [-0.2, 0) is 11.3 Å². The van der Waals surface area contributed by atoms with E-state index in [0.717, 1.165) is 48.4 Å². The van der Waals surface area contributed by atoms with Crippen molar-refractivity contribution in [2.24, 2.45) is 5.92 Å². The van der Waals surface area contributed by atoms with E-state index in [2.05, 4.69) is 10.2 Å². The van der Waals surface area contributed by atoms with Crippen molar-refractivity contribution in [3.8, 4) is 5.75 Å². The Morgan fingerprint density at radius 1 is 1.11 bits per heavy atom. The first-order valence-corrected chi connectivity index (χ1v) is 9.78. The first-order valence-electron chi connectivity index (χ1n) is 9.78. The van der Waals surface area contributed by atoms with Gasteiger partial charge in [-0.05, 0) is 50.6 Å². The van der Waals surface area contributed by atoms with Crippen molar-refractivity contribution < 1.29 is 14.3 Å². The number of nitrogens with zero attached hydrogens (tertiary/aromatic N) is 1. The van der Waals surface area contributed by atoms with E-state index in [1.807, 2.05) is 55.5 Å². The van der Waals surface area contributed by atoms with Gasteiger partial charge in [-0.2, -0.15) is 0 Å². The van der Waals surface area contributed by atoms with Crippen LogP contribution in [0.3, 0.4) is 0 Å². The van der Waals surface area contributed by atoms with Gasteiger partial charge in [0.05, 0.1) is 13.7 Å². The highest BCUT2D eigenvalue weighted by molar-refractivity contribution is 5.97. The maximum absolute atomic E-state index is 12.6. The molecule has 1 aliphatic heterocycles. The zero-order valence-corrected chi connectivity index (χ0v) is 16.6. The molecule has 0 spiro atoms. The fourth-order valence-corrected chi connectivity index (χ4v) is 3.55. The number of ether oxygens (including phenoxy) is 1. The molecule has 0 atom stereocenters. The number of carbonyl (C=O) groups is 2. The minimum atomic E-state index is 0.00568. The third-order valence-corrected chi connectivity index (χ3v) is 5.29. The van der Waals surface area contributed by atoms with E-state index in [1.165, 1.54) is 0 Å². The fraction of sp³-hybridized carbons (Fsp3) is 0.391. The molecule has 0 aromatic heterocycles. The molecule has 5 heteroatoms. The number of nitrogens with one attached hydrogen (secondary N) is 1. The summed E-state index contributed by atoms with van der Waals surface area (Å²) in [4.78, 5) is 27.0. The molecule has 1 saturated heterocycles. The Labute approximate surface area is 166 Å². The molecule has 3 rings (SSSR count). The number of Topliss-reactive ketones (excluding diaryl/α,β-unsaturated/α-hetero) is 1. The summed E-state index contributed by atoms with van der Waals surface area (Å²) < 4.78 is 5.20. The lowest BCUT2D eigenvalue weighted by Gasteiger charge is -2.30. The van der Waals surface area contributed by atoms with Gasteiger partial charge in [0.25, 0.3) is 0 Å². The maximum Gasteiger partial charge on any atom is 0.234 e. The molecule has 0 bridgehead atoms. The number of methoxy groups -OCH3 is 1. The first kappa shape index (κ1) is 20.1. The molecule has 0 aliphatic carbocycles. The molecule has 148 valence electrons. The molecule has 28 heavy (non-hydrogen) atoms. The van der Waals surface area contributed by atoms with E-state index in [9.17, 15) is 9.59 Å². The number of amides is 1. The van der Waals surface area contributed by atoms with Crippen molar-refractivity contribution in [3.05, 3.63) is 65.2 Å². The van der Waals surface area contributed by atoms with Crippen LogP contribution in [0.1, 0.15) is 34.3 Å². The van der Waals surface area contributed by atoms with Crippen LogP contribution in [0, 0.1) is 12.8 Å². The molecule has 0 saturated carbocycles. The number of aryl methyl sites for hydroxylation is 1. The molecule has 1 N–H and O–H groups in total. The Kier molecular flexibility index (Phi) is 6.82. The highest BCUT2D eigenvalue weighted by Crippen LogP contribution is 2.22. The lowest BCUT2D eigenvalue weighted by Crippen LogP contribution is -2.42. The molecule has 0 unspecified atom stereocenters. The molecular formula is C23H28N2O3. The zero-order chi connectivity index (χ0) is 19.9. The molecule has 5 nitrogen and oxygen atoms in total. The summed E-state index contributed by atoms with van der Waals surface area (Å²) in [5.41, 5.74) is 2.96. The minimum Gasteiger partial charge on any atom is -0.497 e. The van der Waals surface area contributed by atoms with Crippen LogP contribution in [0.25, 0.3) is 0 Å². The van der Waals surface area contributed by atoms with Crippen LogP contribution in [0.5, 0.6) is 5.75 Å². The molecule has 1 heterocycles. The highest BCUT2D eigenvalue weighted by Gasteiger charge is 2.26. The van der Waals surface area contributed by atoms with Gasteiger partial charge in [0, 0.05) is 18.0 Å². The predicted octanol–water partition coefficient (Wildman–Crippen LogP) is 3.21. The molecular weight excluding hydrogens is 352 g/mol. The van der Waals surface area contributed by atoms with Gasteiger partial charge in [-0.25, -0.2) is 0 Å². The summed E-state index contributed by atoms with van der Waals surface area (Å²) in [6.07, 6.45) is 1.60. The van der Waals surface area contributed by atoms with Crippen LogP contribution < -0.4 is 10.1 Å². The van der Waals surface area contributed by atoms with Gasteiger partial charge in [-0.3, -0.25) is 14.5 Å². The van der Waals surface area contributed by atoms with E-state index >= 15 is 0 Å². The number of rotatable bonds is 7. The summed E-state index contributed by atoms with van der Waals surface area (Å²) in [7, 11) is 1.63. The standard InChI is InChI=1S/C23H28N2O3/c1-17-6-8-19(9-7-17)23(27)20-10-12-25(13-11-20)16-22(26)24-15-18-4-3-5-21(14-18)28-2/h3-9,14,20H,10-13,15-16H2,1-2H3,(H,24,26). The molecule has 2 aromatic rings. The Balaban J connectivity index is 1.42. The Morgan fingerprint density at radius 3 is 2.50 bits per heavy atom. The van der Waals surface area contributed by atoms with Gasteiger partial charge in [-0.15, -0.1) is 0 Å². The molecule has 0 radical (unpaired) electrons. The van der Waals surface area contributed by atoms with Crippen molar-refractivity contribution in [1.29, 1.82) is 0 Å². The predicted molar refractivity (Wildman–Crippen MR) is 110 cm³/mol. The van der Waals surface area contributed by atoms with Crippen LogP contribution in [0.4, 0.5) is 0 Å². The van der Waals surface area contributed by atoms with E-state index in [4.69, 9.17) is 4.74 Å². The van der Waals surface area contributed by atoms with E-state index in [1.54, 1.807) is 7.11 Å². The van der Waals surface area contributed by atoms with E-state index in [-0.39, 0.29) is 17.6 Å². The molecule has 2 aromatic carbocycles. The number of likely N-dealkylation sites (tertiary alicyclic amines) is 1. The number of hydrogen-bond acceptors (Lipinski definition) is 4. The summed E-state index contributed by atoms with van der Waals surface area (Å²) >= 11 is 0. The first-order chi connectivity index (χ1) is 13.5. The number of carbonyl (C=O) groups excluding carboxylic acids is 2. The average molecular weight is 380 g/mol. The smallest absolute Gasteiger partial charge is 0.234 e. The fourth-order valence-electron chi connectivity index (χ4n) is 3.55. The second-order valence-corrected chi connectivity index (χ2v) is 7.41. The zero-order valence-electron chi connectivity index (χ0n) is 16.6. The largest absolute Gasteiger partial charge is 0.497 e. The van der Waals surface area contributed by atoms with Crippen molar-refractivity contribution in [3.63, 3.8) is 0 Å². The van der Waals surface area contributed by atoms with Crippen LogP contribution in [-0.4, -0.2) is 43.3 Å². The van der Waals surface area contributed by atoms with Gasteiger partial charge in [-0.1, -0.05) is 42.0 Å². The number of hydrogen-bond donors (Lipinski definition) is 1. The average Bonchev–Trinajstić information content (AvgIpc) is 2.73. The van der Waals surface area contributed by atoms with Crippen LogP contribution >= 0.6 is 0 Å². The van der Waals surface area contributed by atoms with Gasteiger partial charge in [0.2, 0.25) is 5.91 Å². The molecule has 1 aliphatic rings. The Bertz CT molecular complexity index is 809. The van der Waals surface area contributed by atoms with E-state index < -0.39 is 0 Å². The monoisotopic (exact) mass is 380 g/mol. The second kappa shape index (κ2) is 9.51. The number of benzene rings is 2. The second-order valence-electron chi connectivity index (χ2n) is 7.41. The lowest BCUT2D eigenvalue weighted by atomic mass is 9.88. The Morgan fingerprint density at radius 2 is 1.82 bits per heavy atom. The SMILES string of the molecule is COc1cccc(CNC(=O)CN2CCC(C(=O)c3ccc(C)cc3)CC2)c1. The summed E-state index contributed by atoms with van der Waals surface area (Å²) in [6.45, 7) is 4.42. The van der Waals surface area contributed by atoms with Crippen molar-refractivity contribution >= 4 is 11.7 Å². The van der Waals surface area contributed by atoms with Crippen molar-refractivity contribution in [1.82, 2.24) is 10.2 Å². The lowest BCUT2D eigenvalue weighted by molar-refractivity contribution is -0.122. The van der Waals surface area contributed by atoms with Crippen molar-refractivity contribution in [2.75, 3.05) is 26.7 Å².